The van der Waals surface area contributed by atoms with Crippen LogP contribution in [0.25, 0.3) is 10.6 Å². The van der Waals surface area contributed by atoms with Gasteiger partial charge in [-0.25, -0.2) is 4.98 Å². The van der Waals surface area contributed by atoms with Crippen LogP contribution in [0.3, 0.4) is 0 Å². The zero-order valence-electron chi connectivity index (χ0n) is 13.7. The number of carbonyl (C=O) groups is 1. The van der Waals surface area contributed by atoms with Crippen LogP contribution < -0.4 is 5.32 Å². The van der Waals surface area contributed by atoms with Gasteiger partial charge in [0.25, 0.3) is 0 Å². The Labute approximate surface area is 142 Å². The van der Waals surface area contributed by atoms with Gasteiger partial charge in [0, 0.05) is 17.0 Å². The van der Waals surface area contributed by atoms with E-state index < -0.39 is 0 Å². The average Bonchev–Trinajstić information content (AvgIpc) is 2.83. The number of nitrogens with one attached hydrogen (secondary N) is 1. The van der Waals surface area contributed by atoms with Crippen molar-refractivity contribution >= 4 is 17.2 Å². The van der Waals surface area contributed by atoms with Crippen LogP contribution in [0, 0.1) is 6.92 Å². The molecule has 23 heavy (non-hydrogen) atoms. The molecule has 3 nitrogen and oxygen atoms in total. The van der Waals surface area contributed by atoms with Gasteiger partial charge >= 0.3 is 0 Å². The van der Waals surface area contributed by atoms with Crippen molar-refractivity contribution in [1.29, 1.82) is 0 Å². The summed E-state index contributed by atoms with van der Waals surface area (Å²) in [5, 5.41) is 6.19. The molecule has 1 aliphatic carbocycles. The molecule has 1 fully saturated rings. The predicted molar refractivity (Wildman–Crippen MR) is 95.6 cm³/mol. The summed E-state index contributed by atoms with van der Waals surface area (Å²) in [6.45, 7) is 2.08. The van der Waals surface area contributed by atoms with Gasteiger partial charge in [0.15, 0.2) is 0 Å². The molecule has 0 aliphatic heterocycles. The second kappa shape index (κ2) is 7.73. The minimum atomic E-state index is 0.109. The summed E-state index contributed by atoms with van der Waals surface area (Å²) in [5.41, 5.74) is 3.23. The molecule has 1 aromatic carbocycles. The Kier molecular flexibility index (Phi) is 5.44. The van der Waals surface area contributed by atoms with Gasteiger partial charge in [-0.2, -0.15) is 0 Å². The highest BCUT2D eigenvalue weighted by molar-refractivity contribution is 7.13. The van der Waals surface area contributed by atoms with E-state index in [1.165, 1.54) is 31.2 Å². The van der Waals surface area contributed by atoms with E-state index in [0.29, 0.717) is 12.5 Å². The fourth-order valence-corrected chi connectivity index (χ4v) is 3.98. The smallest absolute Gasteiger partial charge is 0.226 e. The normalized spacial score (nSPS) is 16.0. The number of hydrogen-bond donors (Lipinski definition) is 1. The Hall–Kier alpha value is -1.68. The SMILES string of the molecule is Cc1cccc(-c2nc(CC(=O)NC3CCCCCC3)cs2)c1. The third kappa shape index (κ3) is 4.64. The van der Waals surface area contributed by atoms with Gasteiger partial charge in [-0.1, -0.05) is 49.4 Å². The van der Waals surface area contributed by atoms with E-state index >= 15 is 0 Å². The van der Waals surface area contributed by atoms with E-state index in [2.05, 4.69) is 35.4 Å². The molecule has 1 aliphatic rings. The zero-order chi connectivity index (χ0) is 16.1. The summed E-state index contributed by atoms with van der Waals surface area (Å²) in [5.74, 6) is 0.109. The van der Waals surface area contributed by atoms with E-state index in [-0.39, 0.29) is 5.91 Å². The maximum absolute atomic E-state index is 12.2. The molecule has 4 heteroatoms. The maximum atomic E-state index is 12.2. The molecule has 1 amide bonds. The van der Waals surface area contributed by atoms with Gasteiger partial charge in [-0.15, -0.1) is 11.3 Å². The Morgan fingerprint density at radius 3 is 2.78 bits per heavy atom. The molecule has 0 bridgehead atoms. The topological polar surface area (TPSA) is 42.0 Å². The van der Waals surface area contributed by atoms with Gasteiger partial charge in [0.1, 0.15) is 5.01 Å². The van der Waals surface area contributed by atoms with Crippen molar-refractivity contribution in [1.82, 2.24) is 10.3 Å². The highest BCUT2D eigenvalue weighted by atomic mass is 32.1. The quantitative estimate of drug-likeness (QED) is 0.840. The highest BCUT2D eigenvalue weighted by Gasteiger charge is 2.16. The van der Waals surface area contributed by atoms with Crippen LogP contribution in [0.4, 0.5) is 0 Å². The van der Waals surface area contributed by atoms with Crippen molar-refractivity contribution in [2.75, 3.05) is 0 Å². The Balaban J connectivity index is 1.59. The first-order chi connectivity index (χ1) is 11.2. The fourth-order valence-electron chi connectivity index (χ4n) is 3.17. The standard InChI is InChI=1S/C19H24N2OS/c1-14-7-6-8-15(11-14)19-21-17(13-23-19)12-18(22)20-16-9-4-2-3-5-10-16/h6-8,11,13,16H,2-5,9-10,12H2,1H3,(H,20,22). The van der Waals surface area contributed by atoms with Gasteiger partial charge < -0.3 is 5.32 Å². The first kappa shape index (κ1) is 16.2. The van der Waals surface area contributed by atoms with E-state index in [4.69, 9.17) is 0 Å². The lowest BCUT2D eigenvalue weighted by atomic mass is 10.1. The number of aryl methyl sites for hydroxylation is 1. The lowest BCUT2D eigenvalue weighted by molar-refractivity contribution is -0.121. The summed E-state index contributed by atoms with van der Waals surface area (Å²) >= 11 is 1.61. The van der Waals surface area contributed by atoms with Gasteiger partial charge in [0.05, 0.1) is 12.1 Å². The third-order valence-electron chi connectivity index (χ3n) is 4.38. The number of nitrogens with zero attached hydrogens (tertiary/aromatic N) is 1. The number of benzene rings is 1. The summed E-state index contributed by atoms with van der Waals surface area (Å²) in [6, 6.07) is 8.69. The monoisotopic (exact) mass is 328 g/mol. The highest BCUT2D eigenvalue weighted by Crippen LogP contribution is 2.24. The van der Waals surface area contributed by atoms with Crippen LogP contribution in [-0.2, 0) is 11.2 Å². The molecule has 0 radical (unpaired) electrons. The second-order valence-electron chi connectivity index (χ2n) is 6.45. The molecule has 1 heterocycles. The van der Waals surface area contributed by atoms with Crippen molar-refractivity contribution in [3.05, 3.63) is 40.9 Å². The summed E-state index contributed by atoms with van der Waals surface area (Å²) in [4.78, 5) is 16.9. The number of rotatable bonds is 4. The van der Waals surface area contributed by atoms with Crippen LogP contribution >= 0.6 is 11.3 Å². The second-order valence-corrected chi connectivity index (χ2v) is 7.30. The van der Waals surface area contributed by atoms with Crippen molar-refractivity contribution in [3.63, 3.8) is 0 Å². The average molecular weight is 328 g/mol. The van der Waals surface area contributed by atoms with E-state index in [1.807, 2.05) is 11.4 Å². The molecular formula is C19H24N2OS. The maximum Gasteiger partial charge on any atom is 0.226 e. The van der Waals surface area contributed by atoms with E-state index in [1.54, 1.807) is 11.3 Å². The molecule has 0 saturated heterocycles. The largest absolute Gasteiger partial charge is 0.353 e. The number of aromatic nitrogens is 1. The summed E-state index contributed by atoms with van der Waals surface area (Å²) in [7, 11) is 0. The molecule has 0 spiro atoms. The van der Waals surface area contributed by atoms with Gasteiger partial charge in [-0.3, -0.25) is 4.79 Å². The lowest BCUT2D eigenvalue weighted by Crippen LogP contribution is -2.35. The minimum absolute atomic E-state index is 0.109. The van der Waals surface area contributed by atoms with Crippen LogP contribution in [0.1, 0.15) is 49.8 Å². The van der Waals surface area contributed by atoms with E-state index in [0.717, 1.165) is 29.1 Å². The van der Waals surface area contributed by atoms with Crippen molar-refractivity contribution in [3.8, 4) is 10.6 Å². The van der Waals surface area contributed by atoms with Crippen LogP contribution in [-0.4, -0.2) is 16.9 Å². The van der Waals surface area contributed by atoms with Gasteiger partial charge in [0.2, 0.25) is 5.91 Å². The first-order valence-corrected chi connectivity index (χ1v) is 9.39. The first-order valence-electron chi connectivity index (χ1n) is 8.51. The Morgan fingerprint density at radius 2 is 2.04 bits per heavy atom. The van der Waals surface area contributed by atoms with Crippen LogP contribution in [0.5, 0.6) is 0 Å². The van der Waals surface area contributed by atoms with Crippen molar-refractivity contribution in [2.24, 2.45) is 0 Å². The molecule has 122 valence electrons. The Bertz CT molecular complexity index is 657. The number of amides is 1. The van der Waals surface area contributed by atoms with Crippen LogP contribution in [0.15, 0.2) is 29.6 Å². The molecule has 1 N–H and O–H groups in total. The van der Waals surface area contributed by atoms with Crippen LogP contribution in [0.2, 0.25) is 0 Å². The third-order valence-corrected chi connectivity index (χ3v) is 5.32. The van der Waals surface area contributed by atoms with Crippen molar-refractivity contribution in [2.45, 2.75) is 57.9 Å². The zero-order valence-corrected chi connectivity index (χ0v) is 14.5. The molecule has 1 saturated carbocycles. The molecule has 0 unspecified atom stereocenters. The number of carbonyl (C=O) groups excluding carboxylic acids is 1. The Morgan fingerprint density at radius 1 is 1.26 bits per heavy atom. The summed E-state index contributed by atoms with van der Waals surface area (Å²) in [6.07, 6.45) is 7.71. The number of thiazole rings is 1. The summed E-state index contributed by atoms with van der Waals surface area (Å²) < 4.78 is 0. The fraction of sp³-hybridized carbons (Fsp3) is 0.474. The van der Waals surface area contributed by atoms with Crippen molar-refractivity contribution < 1.29 is 4.79 Å². The number of hydrogen-bond acceptors (Lipinski definition) is 3. The molecule has 3 rings (SSSR count). The molecule has 1 aromatic heterocycles. The van der Waals surface area contributed by atoms with E-state index in [9.17, 15) is 4.79 Å². The molecule has 0 atom stereocenters. The lowest BCUT2D eigenvalue weighted by Gasteiger charge is -2.15. The molecule has 2 aromatic rings. The minimum Gasteiger partial charge on any atom is -0.353 e. The predicted octanol–water partition coefficient (Wildman–Crippen LogP) is 4.50. The van der Waals surface area contributed by atoms with Gasteiger partial charge in [-0.05, 0) is 25.8 Å². The molecular weight excluding hydrogens is 304 g/mol.